The maximum atomic E-state index is 11.7. The zero-order valence-electron chi connectivity index (χ0n) is 13.3. The Hall–Kier alpha value is -1.16. The average molecular weight is 376 g/mol. The molecule has 1 aliphatic carbocycles. The van der Waals surface area contributed by atoms with Crippen LogP contribution in [0, 0.1) is 0 Å². The largest absolute Gasteiger partial charge is 0.472 e. The first kappa shape index (κ1) is 17.7. The SMILES string of the molecule is O=C1NCCN1C1CCC(NCC(O)COc2nsnc2Cl)CC1. The van der Waals surface area contributed by atoms with Crippen LogP contribution in [-0.2, 0) is 0 Å². The summed E-state index contributed by atoms with van der Waals surface area (Å²) in [6.07, 6.45) is 3.37. The molecular weight excluding hydrogens is 354 g/mol. The molecule has 2 heterocycles. The number of carbonyl (C=O) groups excluding carboxylic acids is 1. The van der Waals surface area contributed by atoms with Crippen molar-refractivity contribution in [3.63, 3.8) is 0 Å². The second kappa shape index (κ2) is 8.28. The highest BCUT2D eigenvalue weighted by molar-refractivity contribution is 6.99. The van der Waals surface area contributed by atoms with Crippen molar-refractivity contribution in [2.75, 3.05) is 26.2 Å². The Bertz CT molecular complexity index is 552. The summed E-state index contributed by atoms with van der Waals surface area (Å²) < 4.78 is 13.0. The van der Waals surface area contributed by atoms with Crippen LogP contribution in [0.3, 0.4) is 0 Å². The molecule has 2 amide bonds. The van der Waals surface area contributed by atoms with Gasteiger partial charge in [0.15, 0.2) is 0 Å². The van der Waals surface area contributed by atoms with Crippen LogP contribution in [0.2, 0.25) is 5.15 Å². The molecule has 1 aromatic rings. The van der Waals surface area contributed by atoms with E-state index in [2.05, 4.69) is 19.4 Å². The molecule has 0 aromatic carbocycles. The van der Waals surface area contributed by atoms with E-state index in [0.29, 0.717) is 18.6 Å². The van der Waals surface area contributed by atoms with Crippen LogP contribution in [0.5, 0.6) is 5.88 Å². The highest BCUT2D eigenvalue weighted by Gasteiger charge is 2.31. The molecule has 3 N–H and O–H groups in total. The van der Waals surface area contributed by atoms with Crippen LogP contribution in [0.15, 0.2) is 0 Å². The third kappa shape index (κ3) is 4.47. The molecule has 2 aliphatic rings. The number of hydrogen-bond donors (Lipinski definition) is 3. The second-order valence-corrected chi connectivity index (χ2v) is 7.05. The summed E-state index contributed by atoms with van der Waals surface area (Å²) in [4.78, 5) is 13.6. The van der Waals surface area contributed by atoms with Gasteiger partial charge < -0.3 is 25.4 Å². The maximum Gasteiger partial charge on any atom is 0.317 e. The Morgan fingerprint density at radius 3 is 2.83 bits per heavy atom. The van der Waals surface area contributed by atoms with Crippen LogP contribution in [0.4, 0.5) is 4.79 Å². The molecule has 1 unspecified atom stereocenters. The van der Waals surface area contributed by atoms with Gasteiger partial charge >= 0.3 is 6.03 Å². The summed E-state index contributed by atoms with van der Waals surface area (Å²) in [6.45, 7) is 2.14. The Morgan fingerprint density at radius 2 is 2.21 bits per heavy atom. The van der Waals surface area contributed by atoms with E-state index in [-0.39, 0.29) is 23.7 Å². The highest BCUT2D eigenvalue weighted by Crippen LogP contribution is 2.24. The second-order valence-electron chi connectivity index (χ2n) is 6.16. The van der Waals surface area contributed by atoms with E-state index in [9.17, 15) is 9.90 Å². The molecule has 2 fully saturated rings. The Morgan fingerprint density at radius 1 is 1.42 bits per heavy atom. The fourth-order valence-electron chi connectivity index (χ4n) is 3.22. The zero-order valence-corrected chi connectivity index (χ0v) is 14.9. The summed E-state index contributed by atoms with van der Waals surface area (Å²) in [5.41, 5.74) is 0. The molecule has 8 nitrogen and oxygen atoms in total. The molecule has 0 spiro atoms. The molecule has 0 bridgehead atoms. The Balaban J connectivity index is 1.33. The first-order chi connectivity index (χ1) is 11.6. The minimum absolute atomic E-state index is 0.0640. The molecule has 1 atom stereocenters. The van der Waals surface area contributed by atoms with Crippen molar-refractivity contribution in [1.82, 2.24) is 24.3 Å². The summed E-state index contributed by atoms with van der Waals surface area (Å²) in [7, 11) is 0. The number of carbonyl (C=O) groups is 1. The predicted octanol–water partition coefficient (Wildman–Crippen LogP) is 0.857. The lowest BCUT2D eigenvalue weighted by molar-refractivity contribution is 0.0976. The van der Waals surface area contributed by atoms with Crippen LogP contribution < -0.4 is 15.4 Å². The van der Waals surface area contributed by atoms with E-state index in [1.807, 2.05) is 4.90 Å². The molecule has 24 heavy (non-hydrogen) atoms. The predicted molar refractivity (Wildman–Crippen MR) is 90.6 cm³/mol. The summed E-state index contributed by atoms with van der Waals surface area (Å²) >= 11 is 6.76. The normalized spacial score (nSPS) is 25.6. The van der Waals surface area contributed by atoms with Gasteiger partial charge in [-0.1, -0.05) is 11.6 Å². The van der Waals surface area contributed by atoms with Gasteiger partial charge in [0, 0.05) is 31.7 Å². The third-order valence-electron chi connectivity index (χ3n) is 4.50. The fraction of sp³-hybridized carbons (Fsp3) is 0.786. The topological polar surface area (TPSA) is 99.6 Å². The number of aliphatic hydroxyl groups is 1. The summed E-state index contributed by atoms with van der Waals surface area (Å²) in [6, 6.07) is 0.776. The molecular formula is C14H22ClN5O3S. The number of nitrogens with zero attached hydrogens (tertiary/aromatic N) is 3. The van der Waals surface area contributed by atoms with Gasteiger partial charge in [0.1, 0.15) is 12.7 Å². The number of ether oxygens (including phenoxy) is 1. The van der Waals surface area contributed by atoms with Crippen LogP contribution >= 0.6 is 23.3 Å². The lowest BCUT2D eigenvalue weighted by Gasteiger charge is -2.34. The standard InChI is InChI=1S/C14H22ClN5O3S/c15-12-13(19-24-18-12)23-8-11(21)7-17-9-1-3-10(4-2-9)20-6-5-16-14(20)22/h9-11,17,21H,1-8H2,(H,16,22). The minimum atomic E-state index is -0.634. The van der Waals surface area contributed by atoms with Crippen molar-refractivity contribution in [3.05, 3.63) is 5.15 Å². The molecule has 10 heteroatoms. The minimum Gasteiger partial charge on any atom is -0.472 e. The van der Waals surface area contributed by atoms with E-state index in [1.54, 1.807) is 0 Å². The lowest BCUT2D eigenvalue weighted by Crippen LogP contribution is -2.45. The van der Waals surface area contributed by atoms with Gasteiger partial charge in [-0.2, -0.15) is 4.37 Å². The number of urea groups is 1. The fourth-order valence-corrected chi connectivity index (χ4v) is 3.86. The summed E-state index contributed by atoms with van der Waals surface area (Å²) in [5, 5.41) is 16.4. The van der Waals surface area contributed by atoms with Crippen LogP contribution in [0.25, 0.3) is 0 Å². The molecule has 1 saturated carbocycles. The van der Waals surface area contributed by atoms with Crippen molar-refractivity contribution in [2.24, 2.45) is 0 Å². The molecule has 1 saturated heterocycles. The van der Waals surface area contributed by atoms with E-state index < -0.39 is 6.10 Å². The van der Waals surface area contributed by atoms with Gasteiger partial charge in [0.2, 0.25) is 5.15 Å². The van der Waals surface area contributed by atoms with Crippen LogP contribution in [-0.4, -0.2) is 69.2 Å². The van der Waals surface area contributed by atoms with Crippen molar-refractivity contribution in [2.45, 2.75) is 43.9 Å². The van der Waals surface area contributed by atoms with E-state index >= 15 is 0 Å². The smallest absolute Gasteiger partial charge is 0.317 e. The van der Waals surface area contributed by atoms with Crippen molar-refractivity contribution in [1.29, 1.82) is 0 Å². The van der Waals surface area contributed by atoms with Gasteiger partial charge in [0.25, 0.3) is 5.88 Å². The van der Waals surface area contributed by atoms with Crippen LogP contribution in [0.1, 0.15) is 25.7 Å². The first-order valence-corrected chi connectivity index (χ1v) is 9.31. The van der Waals surface area contributed by atoms with Crippen molar-refractivity contribution >= 4 is 29.4 Å². The number of aromatic nitrogens is 2. The monoisotopic (exact) mass is 375 g/mol. The molecule has 1 aliphatic heterocycles. The maximum absolute atomic E-state index is 11.7. The van der Waals surface area contributed by atoms with E-state index in [0.717, 1.165) is 50.5 Å². The number of amides is 2. The lowest BCUT2D eigenvalue weighted by atomic mass is 9.90. The van der Waals surface area contributed by atoms with Crippen molar-refractivity contribution in [3.8, 4) is 5.88 Å². The number of aliphatic hydroxyl groups excluding tert-OH is 1. The molecule has 1 aromatic heterocycles. The number of halogens is 1. The van der Waals surface area contributed by atoms with Gasteiger partial charge in [0.05, 0.1) is 11.7 Å². The molecule has 134 valence electrons. The van der Waals surface area contributed by atoms with Gasteiger partial charge in [-0.05, 0) is 25.7 Å². The van der Waals surface area contributed by atoms with Gasteiger partial charge in [-0.15, -0.1) is 4.37 Å². The number of nitrogens with one attached hydrogen (secondary N) is 2. The van der Waals surface area contributed by atoms with E-state index in [1.165, 1.54) is 0 Å². The summed E-state index contributed by atoms with van der Waals surface area (Å²) in [5.74, 6) is 0.269. The number of rotatable bonds is 7. The highest BCUT2D eigenvalue weighted by atomic mass is 35.5. The van der Waals surface area contributed by atoms with Gasteiger partial charge in [-0.25, -0.2) is 4.79 Å². The number of hydrogen-bond acceptors (Lipinski definition) is 7. The first-order valence-electron chi connectivity index (χ1n) is 8.20. The molecule has 3 rings (SSSR count). The Kier molecular flexibility index (Phi) is 6.09. The average Bonchev–Trinajstić information content (AvgIpc) is 3.20. The van der Waals surface area contributed by atoms with Gasteiger partial charge in [-0.3, -0.25) is 0 Å². The Labute approximate surface area is 149 Å². The molecule has 0 radical (unpaired) electrons. The zero-order chi connectivity index (χ0) is 16.9. The third-order valence-corrected chi connectivity index (χ3v) is 5.36. The van der Waals surface area contributed by atoms with Crippen molar-refractivity contribution < 1.29 is 14.6 Å². The quantitative estimate of drug-likeness (QED) is 0.653. The van der Waals surface area contributed by atoms with E-state index in [4.69, 9.17) is 16.3 Å².